The van der Waals surface area contributed by atoms with Crippen LogP contribution in [0, 0.1) is 5.92 Å². The van der Waals surface area contributed by atoms with Gasteiger partial charge in [-0.05, 0) is 68.2 Å². The molecule has 21 heavy (non-hydrogen) atoms. The summed E-state index contributed by atoms with van der Waals surface area (Å²) in [5.74, 6) is 0.839. The molecule has 0 aromatic rings. The fourth-order valence-electron chi connectivity index (χ4n) is 4.09. The molecule has 2 rings (SSSR count). The summed E-state index contributed by atoms with van der Waals surface area (Å²) in [6.45, 7) is 14.2. The molecule has 116 valence electrons. The highest BCUT2D eigenvalue weighted by molar-refractivity contribution is 6.45. The summed E-state index contributed by atoms with van der Waals surface area (Å²) in [5, 5.41) is 0.502. The van der Waals surface area contributed by atoms with Crippen molar-refractivity contribution in [3.63, 3.8) is 0 Å². The molecule has 0 radical (unpaired) electrons. The molecule has 0 fully saturated rings. The van der Waals surface area contributed by atoms with E-state index in [1.807, 2.05) is 0 Å². The van der Waals surface area contributed by atoms with E-state index in [-0.39, 0.29) is 9.52 Å². The highest BCUT2D eigenvalue weighted by Gasteiger charge is 2.36. The summed E-state index contributed by atoms with van der Waals surface area (Å²) < 4.78 is 0. The third-order valence-electron chi connectivity index (χ3n) is 6.07. The maximum atomic E-state index is 2.56. The molecule has 2 aliphatic rings. The number of allylic oxidation sites excluding steroid dienone is 8. The fraction of sp³-hybridized carbons (Fsp3) is 0.600. The standard InChI is InChI=1S/C20H32Si/c1-7-14(2)13-20(11-9-8-10-12-20)21-19-17(5)15(3)16(4)18(19)6/h8-11,14,19H,7,12-13,21H2,1-6H3. The van der Waals surface area contributed by atoms with E-state index >= 15 is 0 Å². The van der Waals surface area contributed by atoms with E-state index in [4.69, 9.17) is 0 Å². The zero-order valence-electron chi connectivity index (χ0n) is 14.8. The monoisotopic (exact) mass is 300 g/mol. The molecular formula is C20H32Si. The Morgan fingerprint density at radius 3 is 2.24 bits per heavy atom. The lowest BCUT2D eigenvalue weighted by atomic mass is 9.88. The van der Waals surface area contributed by atoms with Crippen LogP contribution in [-0.4, -0.2) is 9.52 Å². The molecular weight excluding hydrogens is 268 g/mol. The zero-order valence-corrected chi connectivity index (χ0v) is 16.2. The second kappa shape index (κ2) is 6.52. The van der Waals surface area contributed by atoms with Crippen molar-refractivity contribution in [3.05, 3.63) is 46.6 Å². The third-order valence-corrected chi connectivity index (χ3v) is 9.33. The lowest BCUT2D eigenvalue weighted by Gasteiger charge is -2.36. The Bertz CT molecular complexity index is 494. The molecule has 2 unspecified atom stereocenters. The van der Waals surface area contributed by atoms with Gasteiger partial charge in [-0.1, -0.05) is 55.7 Å². The minimum Gasteiger partial charge on any atom is -0.0840 e. The molecule has 0 N–H and O–H groups in total. The predicted molar refractivity (Wildman–Crippen MR) is 98.7 cm³/mol. The van der Waals surface area contributed by atoms with Crippen LogP contribution in [0.3, 0.4) is 0 Å². The molecule has 0 amide bonds. The zero-order chi connectivity index (χ0) is 15.6. The number of rotatable bonds is 5. The van der Waals surface area contributed by atoms with Crippen LogP contribution in [-0.2, 0) is 0 Å². The van der Waals surface area contributed by atoms with Gasteiger partial charge in [0.1, 0.15) is 0 Å². The largest absolute Gasteiger partial charge is 0.0840 e. The van der Waals surface area contributed by atoms with Crippen LogP contribution in [0.1, 0.15) is 60.8 Å². The van der Waals surface area contributed by atoms with E-state index in [2.05, 4.69) is 65.8 Å². The molecule has 0 aromatic heterocycles. The molecule has 0 saturated heterocycles. The van der Waals surface area contributed by atoms with Crippen LogP contribution in [0.2, 0.25) is 10.6 Å². The second-order valence-electron chi connectivity index (χ2n) is 7.44. The molecule has 2 aliphatic carbocycles. The highest BCUT2D eigenvalue weighted by Crippen LogP contribution is 2.50. The average Bonchev–Trinajstić information content (AvgIpc) is 2.66. The van der Waals surface area contributed by atoms with E-state index in [1.165, 1.54) is 19.3 Å². The third kappa shape index (κ3) is 3.34. The number of hydrogen-bond acceptors (Lipinski definition) is 0. The van der Waals surface area contributed by atoms with Crippen molar-refractivity contribution in [1.29, 1.82) is 0 Å². The van der Waals surface area contributed by atoms with Gasteiger partial charge in [0.25, 0.3) is 0 Å². The van der Waals surface area contributed by atoms with Crippen molar-refractivity contribution >= 4 is 9.52 Å². The minimum absolute atomic E-state index is 0.229. The van der Waals surface area contributed by atoms with E-state index in [1.54, 1.807) is 22.3 Å². The smallest absolute Gasteiger partial charge is 0.0454 e. The molecule has 0 spiro atoms. The van der Waals surface area contributed by atoms with Crippen molar-refractivity contribution in [3.8, 4) is 0 Å². The molecule has 0 nitrogen and oxygen atoms in total. The Kier molecular flexibility index (Phi) is 5.14. The quantitative estimate of drug-likeness (QED) is 0.568. The van der Waals surface area contributed by atoms with Gasteiger partial charge in [0.05, 0.1) is 0 Å². The van der Waals surface area contributed by atoms with Crippen LogP contribution >= 0.6 is 0 Å². The Hall–Kier alpha value is -0.823. The molecule has 0 aromatic carbocycles. The van der Waals surface area contributed by atoms with Crippen LogP contribution in [0.5, 0.6) is 0 Å². The van der Waals surface area contributed by atoms with Gasteiger partial charge in [-0.15, -0.1) is 0 Å². The summed E-state index contributed by atoms with van der Waals surface area (Å²) in [6, 6.07) is 0. The van der Waals surface area contributed by atoms with E-state index in [9.17, 15) is 0 Å². The van der Waals surface area contributed by atoms with Crippen molar-refractivity contribution in [2.24, 2.45) is 5.92 Å². The summed E-state index contributed by atoms with van der Waals surface area (Å²) >= 11 is 0. The van der Waals surface area contributed by atoms with Gasteiger partial charge in [0, 0.05) is 9.52 Å². The Morgan fingerprint density at radius 2 is 1.76 bits per heavy atom. The van der Waals surface area contributed by atoms with Crippen LogP contribution in [0.15, 0.2) is 46.6 Å². The maximum absolute atomic E-state index is 2.56. The SMILES string of the molecule is CCC(C)CC1([SiH2]C2C(C)=C(C)C(C)=C2C)C=CC=CC1. The van der Waals surface area contributed by atoms with Crippen molar-refractivity contribution in [1.82, 2.24) is 0 Å². The van der Waals surface area contributed by atoms with E-state index < -0.39 is 0 Å². The van der Waals surface area contributed by atoms with E-state index in [0.717, 1.165) is 11.5 Å². The second-order valence-corrected chi connectivity index (χ2v) is 10.1. The first-order valence-corrected chi connectivity index (χ1v) is 10.1. The first-order valence-electron chi connectivity index (χ1n) is 8.59. The first kappa shape index (κ1) is 16.5. The molecule has 2 atom stereocenters. The molecule has 0 heterocycles. The van der Waals surface area contributed by atoms with E-state index in [0.29, 0.717) is 5.04 Å². The molecule has 0 saturated carbocycles. The highest BCUT2D eigenvalue weighted by atomic mass is 28.2. The summed E-state index contributed by atoms with van der Waals surface area (Å²) in [5.41, 5.74) is 7.27. The predicted octanol–water partition coefficient (Wildman–Crippen LogP) is 5.74. The summed E-state index contributed by atoms with van der Waals surface area (Å²) in [4.78, 5) is 0. The lowest BCUT2D eigenvalue weighted by Crippen LogP contribution is -2.26. The molecule has 1 heteroatoms. The topological polar surface area (TPSA) is 0 Å². The van der Waals surface area contributed by atoms with Gasteiger partial charge >= 0.3 is 0 Å². The van der Waals surface area contributed by atoms with Crippen molar-refractivity contribution in [2.45, 2.75) is 71.4 Å². The summed E-state index contributed by atoms with van der Waals surface area (Å²) in [7, 11) is -0.229. The Balaban J connectivity index is 2.25. The Labute approximate surface area is 133 Å². The fourth-order valence-corrected chi connectivity index (χ4v) is 7.39. The van der Waals surface area contributed by atoms with Crippen molar-refractivity contribution in [2.75, 3.05) is 0 Å². The van der Waals surface area contributed by atoms with Crippen molar-refractivity contribution < 1.29 is 0 Å². The summed E-state index contributed by atoms with van der Waals surface area (Å²) in [6.07, 6.45) is 13.5. The lowest BCUT2D eigenvalue weighted by molar-refractivity contribution is 0.443. The minimum atomic E-state index is -0.229. The van der Waals surface area contributed by atoms with Gasteiger partial charge in [0.2, 0.25) is 0 Å². The van der Waals surface area contributed by atoms with Gasteiger partial charge in [-0.3, -0.25) is 0 Å². The van der Waals surface area contributed by atoms with Gasteiger partial charge in [-0.25, -0.2) is 0 Å². The van der Waals surface area contributed by atoms with Gasteiger partial charge in [-0.2, -0.15) is 0 Å². The van der Waals surface area contributed by atoms with Gasteiger partial charge in [0.15, 0.2) is 0 Å². The molecule has 0 bridgehead atoms. The molecule has 0 aliphatic heterocycles. The number of hydrogen-bond donors (Lipinski definition) is 0. The van der Waals surface area contributed by atoms with Gasteiger partial charge < -0.3 is 0 Å². The maximum Gasteiger partial charge on any atom is 0.0454 e. The normalized spacial score (nSPS) is 28.5. The van der Waals surface area contributed by atoms with Crippen LogP contribution in [0.25, 0.3) is 0 Å². The average molecular weight is 301 g/mol. The van der Waals surface area contributed by atoms with Crippen LogP contribution in [0.4, 0.5) is 0 Å². The first-order chi connectivity index (χ1) is 9.90. The Morgan fingerprint density at radius 1 is 1.14 bits per heavy atom. The van der Waals surface area contributed by atoms with Crippen LogP contribution < -0.4 is 0 Å².